The van der Waals surface area contributed by atoms with Crippen molar-refractivity contribution in [3.63, 3.8) is 0 Å². The van der Waals surface area contributed by atoms with Crippen molar-refractivity contribution >= 4 is 118 Å². The molecule has 0 aliphatic carbocycles. The minimum atomic E-state index is -1.98. The molecule has 0 spiro atoms. The maximum absolute atomic E-state index is 14.0. The maximum atomic E-state index is 14.0. The van der Waals surface area contributed by atoms with Gasteiger partial charge in [0.1, 0.15) is 72.5 Å². The summed E-state index contributed by atoms with van der Waals surface area (Å²) in [4.78, 5) is 254. The molecule has 16 atom stereocenters. The molecule has 32 N–H and O–H groups in total. The number of nitrogens with two attached hydrogens (primary N) is 6. The predicted molar refractivity (Wildman–Crippen MR) is 404 cm³/mol. The number of rotatable bonds is 56. The number of nitrogens with zero attached hydrogens (tertiary/aromatic N) is 1. The van der Waals surface area contributed by atoms with Gasteiger partial charge in [-0.25, -0.2) is 4.79 Å². The van der Waals surface area contributed by atoms with Crippen molar-refractivity contribution in [1.29, 1.82) is 0 Å². The van der Waals surface area contributed by atoms with Crippen LogP contribution in [0.15, 0.2) is 4.99 Å². The van der Waals surface area contributed by atoms with Crippen LogP contribution in [0.25, 0.3) is 0 Å². The quantitative estimate of drug-likeness (QED) is 0.0153. The Morgan fingerprint density at radius 1 is 0.395 bits per heavy atom. The minimum Gasteiger partial charge on any atom is -0.481 e. The molecule has 0 aliphatic rings. The molecule has 0 fully saturated rings. The Balaban J connectivity index is 6.27. The molecular weight excluding hydrogens is 1510 g/mol. The zero-order chi connectivity index (χ0) is 87.6. The third kappa shape index (κ3) is 40.5. The first-order valence-electron chi connectivity index (χ1n) is 37.1. The molecule has 646 valence electrons. The van der Waals surface area contributed by atoms with E-state index in [1.54, 1.807) is 27.7 Å². The van der Waals surface area contributed by atoms with Crippen LogP contribution < -0.4 is 114 Å². The number of carbonyl (C=O) groups excluding carboxylic acids is 17. The summed E-state index contributed by atoms with van der Waals surface area (Å²) >= 11 is 0. The van der Waals surface area contributed by atoms with Gasteiger partial charge >= 0.3 is 11.9 Å². The molecule has 0 heterocycles. The number of amides is 17. The van der Waals surface area contributed by atoms with E-state index in [9.17, 15) is 117 Å². The predicted octanol–water partition coefficient (Wildman–Crippen LogP) is -11.1. The third-order valence-electron chi connectivity index (χ3n) is 17.1. The van der Waals surface area contributed by atoms with Crippen LogP contribution in [0.2, 0.25) is 0 Å². The summed E-state index contributed by atoms with van der Waals surface area (Å²) in [5.74, 6) is -23.0. The van der Waals surface area contributed by atoms with Crippen molar-refractivity contribution in [3.05, 3.63) is 0 Å². The van der Waals surface area contributed by atoms with Crippen molar-refractivity contribution in [2.24, 2.45) is 63.1 Å². The number of aliphatic hydroxyl groups is 3. The molecule has 17 amide bonds. The molecule has 0 aromatic carbocycles. The summed E-state index contributed by atoms with van der Waals surface area (Å²) in [7, 11) is 0. The Bertz CT molecular complexity index is 3340. The molecule has 0 aromatic heterocycles. The van der Waals surface area contributed by atoms with Gasteiger partial charge in [0.25, 0.3) is 0 Å². The number of carboxylic acid groups (broad SMARTS) is 2. The molecular formula is C68H120N22O24. The van der Waals surface area contributed by atoms with Crippen molar-refractivity contribution in [2.45, 2.75) is 244 Å². The Labute approximate surface area is 658 Å². The van der Waals surface area contributed by atoms with Crippen LogP contribution in [0.5, 0.6) is 0 Å². The highest BCUT2D eigenvalue weighted by molar-refractivity contribution is 6.01. The molecule has 0 rings (SSSR count). The van der Waals surface area contributed by atoms with Gasteiger partial charge in [-0.2, -0.15) is 0 Å². The van der Waals surface area contributed by atoms with E-state index in [4.69, 9.17) is 34.4 Å². The highest BCUT2D eigenvalue weighted by Crippen LogP contribution is 2.14. The van der Waals surface area contributed by atoms with E-state index in [1.165, 1.54) is 34.6 Å². The normalized spacial score (nSPS) is 15.3. The molecule has 0 aromatic rings. The van der Waals surface area contributed by atoms with Crippen LogP contribution in [-0.2, 0) is 91.1 Å². The average Bonchev–Trinajstić information content (AvgIpc) is 0.852. The van der Waals surface area contributed by atoms with Crippen LogP contribution in [0.3, 0.4) is 0 Å². The monoisotopic (exact) mass is 1630 g/mol. The van der Waals surface area contributed by atoms with E-state index in [0.717, 1.165) is 13.8 Å². The second-order valence-electron chi connectivity index (χ2n) is 28.3. The van der Waals surface area contributed by atoms with E-state index < -0.39 is 279 Å². The molecule has 114 heavy (non-hydrogen) atoms. The zero-order valence-electron chi connectivity index (χ0n) is 66.1. The van der Waals surface area contributed by atoms with Crippen molar-refractivity contribution in [3.8, 4) is 0 Å². The molecule has 46 heteroatoms. The molecule has 0 bridgehead atoms. The summed E-state index contributed by atoms with van der Waals surface area (Å²) in [5, 5.41) is 85.5. The van der Waals surface area contributed by atoms with Crippen LogP contribution in [-0.4, -0.2) is 274 Å². The van der Waals surface area contributed by atoms with Crippen molar-refractivity contribution < 1.29 is 117 Å². The second-order valence-corrected chi connectivity index (χ2v) is 28.3. The van der Waals surface area contributed by atoms with Gasteiger partial charge in [-0.15, -0.1) is 0 Å². The Kier molecular flexibility index (Phi) is 48.0. The lowest BCUT2D eigenvalue weighted by molar-refractivity contribution is -0.144. The van der Waals surface area contributed by atoms with Gasteiger partial charge in [-0.3, -0.25) is 91.3 Å². The lowest BCUT2D eigenvalue weighted by atomic mass is 9.97. The fraction of sp³-hybridized carbons (Fsp3) is 0.706. The van der Waals surface area contributed by atoms with E-state index in [-0.39, 0.29) is 63.5 Å². The molecule has 0 aliphatic heterocycles. The van der Waals surface area contributed by atoms with Gasteiger partial charge in [0.15, 0.2) is 5.96 Å². The lowest BCUT2D eigenvalue weighted by Gasteiger charge is -2.29. The standard InChI is InChI=1S/C68H120N22O24/c1-12-33(8)52(67(113)114)88-61(107)41(24-30(2)3)81-47(97)27-78-63(109)53(35(10)92)89-62(108)43(29-91)85-64(110)51(32(6)7)87-65(111)50(31(4)5)86-48(98)28-76-55(101)34(9)79-58(104)38(17-13-14-22-69)83-66(112)54(36(11)93)90-60(106)40(19-21-49(99)100)82-59(105)39(18-20-44(71)94)80-46(96)26-77-57(103)42(25-45(72)95)84-56(102)37(70)16-15-23-75-68(73)74/h30-43,50-54,91-93H,12-29,69-70H2,1-11H3,(H2,71,94)(H2,72,95)(H,76,101)(H,77,103)(H,78,109)(H,79,104)(H,80,96)(H,81,97)(H,82,105)(H,83,112)(H,84,102)(H,85,110)(H,86,98)(H,87,111)(H,88,107)(H,89,108)(H,90,106)(H,99,100)(H,113,114)(H4,73,74,75)/t33-,34-,35+,36+,37-,38-,39-,40-,41-,42-,43-,50-,51-,52-,53-,54-/m0/s1. The summed E-state index contributed by atoms with van der Waals surface area (Å²) in [6, 6.07) is -20.5. The van der Waals surface area contributed by atoms with Gasteiger partial charge in [-0.05, 0) is 102 Å². The van der Waals surface area contributed by atoms with Gasteiger partial charge in [0.2, 0.25) is 100 Å². The number of primary amides is 2. The Morgan fingerprint density at radius 2 is 0.807 bits per heavy atom. The maximum Gasteiger partial charge on any atom is 0.326 e. The van der Waals surface area contributed by atoms with Crippen LogP contribution >= 0.6 is 0 Å². The number of hydrogen-bond acceptors (Lipinski definition) is 25. The lowest BCUT2D eigenvalue weighted by Crippen LogP contribution is -2.62. The Morgan fingerprint density at radius 3 is 1.30 bits per heavy atom. The minimum absolute atomic E-state index is 0.0334. The number of nitrogens with one attached hydrogen (secondary N) is 15. The molecule has 0 saturated heterocycles. The molecule has 0 radical (unpaired) electrons. The molecule has 0 saturated carbocycles. The topological polar surface area (TPSA) is 774 Å². The SMILES string of the molecule is CC[C@H](C)[C@H](NC(=O)[C@H](CC(C)C)NC(=O)CNC(=O)[C@@H](NC(=O)[C@H](CO)NC(=O)[C@@H](NC(=O)[C@@H](NC(=O)CNC(=O)[C@H](C)NC(=O)[C@H](CCCCN)NC(=O)[C@@H](NC(=O)[C@H](CCC(=O)O)NC(=O)[C@H](CCC(N)=O)NC(=O)CNC(=O)[C@H](CC(N)=O)NC(=O)[C@@H](N)CCCN=C(N)N)[C@@H](C)O)C(C)C)C(C)C)[C@@H](C)O)C(=O)O. The first kappa shape index (κ1) is 103. The fourth-order valence-electron chi connectivity index (χ4n) is 10.4. The number of aliphatic carboxylic acids is 2. The van der Waals surface area contributed by atoms with Gasteiger partial charge in [0.05, 0.1) is 50.9 Å². The Hall–Kier alpha value is -11.0. The number of hydrogen-bond donors (Lipinski definition) is 26. The first-order chi connectivity index (χ1) is 53.1. The summed E-state index contributed by atoms with van der Waals surface area (Å²) in [5.41, 5.74) is 32.7. The smallest absolute Gasteiger partial charge is 0.326 e. The molecule has 46 nitrogen and oxygen atoms in total. The number of guanidine groups is 1. The van der Waals surface area contributed by atoms with Crippen molar-refractivity contribution in [1.82, 2.24) is 79.8 Å². The van der Waals surface area contributed by atoms with Crippen LogP contribution in [0.4, 0.5) is 0 Å². The van der Waals surface area contributed by atoms with E-state index in [1.807, 2.05) is 0 Å². The zero-order valence-corrected chi connectivity index (χ0v) is 66.1. The number of carbonyl (C=O) groups is 19. The summed E-state index contributed by atoms with van der Waals surface area (Å²) in [6.45, 7) is 12.8. The molecule has 0 unspecified atom stereocenters. The van der Waals surface area contributed by atoms with Gasteiger partial charge in [-0.1, -0.05) is 61.8 Å². The average molecular weight is 1630 g/mol. The third-order valence-corrected chi connectivity index (χ3v) is 17.1. The van der Waals surface area contributed by atoms with E-state index in [0.29, 0.717) is 6.42 Å². The van der Waals surface area contributed by atoms with Gasteiger partial charge < -0.3 is 140 Å². The number of aliphatic hydroxyl groups excluding tert-OH is 3. The van der Waals surface area contributed by atoms with E-state index >= 15 is 0 Å². The number of unbranched alkanes of at least 4 members (excludes halogenated alkanes) is 1. The first-order valence-corrected chi connectivity index (χ1v) is 37.1. The highest BCUT2D eigenvalue weighted by Gasteiger charge is 2.39. The van der Waals surface area contributed by atoms with Crippen LogP contribution in [0, 0.1) is 23.7 Å². The van der Waals surface area contributed by atoms with E-state index in [2.05, 4.69) is 84.7 Å². The number of aliphatic imine (C=N–C) groups is 1. The fourth-order valence-corrected chi connectivity index (χ4v) is 10.4. The largest absolute Gasteiger partial charge is 0.481 e. The van der Waals surface area contributed by atoms with Gasteiger partial charge in [0, 0.05) is 19.4 Å². The highest BCUT2D eigenvalue weighted by atomic mass is 16.4. The van der Waals surface area contributed by atoms with Crippen molar-refractivity contribution in [2.75, 3.05) is 39.3 Å². The number of carboxylic acids is 2. The summed E-state index contributed by atoms with van der Waals surface area (Å²) in [6.07, 6.45) is -5.84. The van der Waals surface area contributed by atoms with Crippen LogP contribution in [0.1, 0.15) is 153 Å². The second kappa shape index (κ2) is 53.1. The summed E-state index contributed by atoms with van der Waals surface area (Å²) < 4.78 is 0.